The normalized spacial score (nSPS) is 23.3. The molecule has 13 heavy (non-hydrogen) atoms. The Labute approximate surface area is 83.6 Å². The predicted octanol–water partition coefficient (Wildman–Crippen LogP) is 1.87. The first-order valence-electron chi connectivity index (χ1n) is 4.50. The highest BCUT2D eigenvalue weighted by Crippen LogP contribution is 2.09. The molecule has 0 aromatic heterocycles. The van der Waals surface area contributed by atoms with Crippen LogP contribution in [-0.2, 0) is 4.74 Å². The van der Waals surface area contributed by atoms with Gasteiger partial charge in [0, 0.05) is 18.5 Å². The maximum absolute atomic E-state index is 7.26. The molecule has 1 atom stereocenters. The summed E-state index contributed by atoms with van der Waals surface area (Å²) in [4.78, 5) is 0. The summed E-state index contributed by atoms with van der Waals surface area (Å²) >= 11 is 5.44. The molecule has 0 amide bonds. The van der Waals surface area contributed by atoms with Crippen LogP contribution in [0.2, 0.25) is 0 Å². The van der Waals surface area contributed by atoms with Gasteiger partial charge in [-0.2, -0.15) is 0 Å². The second kappa shape index (κ2) is 6.00. The van der Waals surface area contributed by atoms with Gasteiger partial charge >= 0.3 is 0 Å². The highest BCUT2D eigenvalue weighted by atomic mass is 35.5. The maximum atomic E-state index is 7.26. The van der Waals surface area contributed by atoms with Crippen LogP contribution < -0.4 is 5.32 Å². The van der Waals surface area contributed by atoms with E-state index in [4.69, 9.17) is 21.7 Å². The number of halogens is 1. The lowest BCUT2D eigenvalue weighted by molar-refractivity contribution is 0.00339. The summed E-state index contributed by atoms with van der Waals surface area (Å²) in [5.41, 5.74) is 0.407. The molecule has 1 aliphatic heterocycles. The molecule has 3 nitrogen and oxygen atoms in total. The average Bonchev–Trinajstić information content (AvgIpc) is 2.19. The second-order valence-corrected chi connectivity index (χ2v) is 3.28. The third kappa shape index (κ3) is 4.29. The van der Waals surface area contributed by atoms with Gasteiger partial charge < -0.3 is 15.5 Å². The van der Waals surface area contributed by atoms with Crippen molar-refractivity contribution in [2.75, 3.05) is 12.5 Å². The molecule has 0 spiro atoms. The Morgan fingerprint density at radius 1 is 1.62 bits per heavy atom. The van der Waals surface area contributed by atoms with Crippen LogP contribution in [0.15, 0.2) is 12.3 Å². The van der Waals surface area contributed by atoms with Crippen LogP contribution in [0.4, 0.5) is 0 Å². The summed E-state index contributed by atoms with van der Waals surface area (Å²) in [5.74, 6) is 0.254. The van der Waals surface area contributed by atoms with Gasteiger partial charge in [-0.05, 0) is 25.3 Å². The van der Waals surface area contributed by atoms with Gasteiger partial charge in [-0.15, -0.1) is 11.6 Å². The minimum absolute atomic E-state index is 0.119. The van der Waals surface area contributed by atoms with E-state index in [9.17, 15) is 0 Å². The number of alkyl halides is 1. The van der Waals surface area contributed by atoms with Gasteiger partial charge in [-0.1, -0.05) is 0 Å². The topological polar surface area (TPSA) is 45.1 Å². The molecule has 1 saturated heterocycles. The van der Waals surface area contributed by atoms with E-state index < -0.39 is 0 Å². The molecule has 4 heteroatoms. The molecule has 1 heterocycles. The zero-order valence-corrected chi connectivity index (χ0v) is 8.31. The van der Waals surface area contributed by atoms with Gasteiger partial charge in [-0.25, -0.2) is 0 Å². The molecule has 1 aliphatic rings. The summed E-state index contributed by atoms with van der Waals surface area (Å²) in [5, 5.41) is 10.3. The number of hydrogen-bond acceptors (Lipinski definition) is 3. The van der Waals surface area contributed by atoms with Gasteiger partial charge in [-0.3, -0.25) is 0 Å². The predicted molar refractivity (Wildman–Crippen MR) is 54.3 cm³/mol. The van der Waals surface area contributed by atoms with Crippen molar-refractivity contribution < 1.29 is 4.74 Å². The number of hydrogen-bond donors (Lipinski definition) is 2. The summed E-state index contributed by atoms with van der Waals surface area (Å²) in [6.45, 7) is 0.832. The van der Waals surface area contributed by atoms with Gasteiger partial charge in [0.2, 0.25) is 0 Å². The minimum atomic E-state index is 0.119. The fraction of sp³-hybridized carbons (Fsp3) is 0.667. The zero-order chi connectivity index (χ0) is 9.52. The Kier molecular flexibility index (Phi) is 4.86. The van der Waals surface area contributed by atoms with Gasteiger partial charge in [0.1, 0.15) is 6.23 Å². The summed E-state index contributed by atoms with van der Waals surface area (Å²) < 4.78 is 5.43. The van der Waals surface area contributed by atoms with Crippen molar-refractivity contribution in [3.8, 4) is 0 Å². The van der Waals surface area contributed by atoms with E-state index in [1.54, 1.807) is 12.3 Å². The Bertz CT molecular complexity index is 188. The van der Waals surface area contributed by atoms with Gasteiger partial charge in [0.15, 0.2) is 0 Å². The third-order valence-corrected chi connectivity index (χ3v) is 2.18. The molecule has 1 fully saturated rings. The zero-order valence-electron chi connectivity index (χ0n) is 7.55. The van der Waals surface area contributed by atoms with Crippen LogP contribution in [0.1, 0.15) is 19.3 Å². The van der Waals surface area contributed by atoms with Crippen molar-refractivity contribution in [1.29, 1.82) is 5.41 Å². The van der Waals surface area contributed by atoms with E-state index in [1.807, 2.05) is 0 Å². The first-order valence-corrected chi connectivity index (χ1v) is 5.04. The molecule has 2 N–H and O–H groups in total. The minimum Gasteiger partial charge on any atom is -0.366 e. The first kappa shape index (κ1) is 10.5. The van der Waals surface area contributed by atoms with Crippen LogP contribution in [0.25, 0.3) is 0 Å². The number of rotatable bonds is 4. The van der Waals surface area contributed by atoms with Crippen LogP contribution in [0.3, 0.4) is 0 Å². The van der Waals surface area contributed by atoms with Crippen molar-refractivity contribution in [3.63, 3.8) is 0 Å². The van der Waals surface area contributed by atoms with Crippen LogP contribution in [0.5, 0.6) is 0 Å². The summed E-state index contributed by atoms with van der Waals surface area (Å²) in [6.07, 6.45) is 6.91. The molecule has 0 aromatic carbocycles. The molecule has 0 saturated carbocycles. The smallest absolute Gasteiger partial charge is 0.127 e. The Morgan fingerprint density at radius 3 is 3.08 bits per heavy atom. The number of nitrogens with one attached hydrogen (secondary N) is 2. The fourth-order valence-electron chi connectivity index (χ4n) is 1.17. The molecular weight excluding hydrogens is 188 g/mol. The summed E-state index contributed by atoms with van der Waals surface area (Å²) in [7, 11) is 0. The Balaban J connectivity index is 2.16. The van der Waals surface area contributed by atoms with Crippen LogP contribution in [-0.4, -0.2) is 24.4 Å². The Hall–Kier alpha value is -0.540. The fourth-order valence-corrected chi connectivity index (χ4v) is 1.26. The van der Waals surface area contributed by atoms with Crippen molar-refractivity contribution in [2.45, 2.75) is 25.5 Å². The maximum Gasteiger partial charge on any atom is 0.127 e. The molecule has 74 valence electrons. The molecule has 0 radical (unpaired) electrons. The van der Waals surface area contributed by atoms with Gasteiger partial charge in [0.05, 0.1) is 5.88 Å². The lowest BCUT2D eigenvalue weighted by Gasteiger charge is -2.22. The van der Waals surface area contributed by atoms with E-state index in [0.717, 1.165) is 19.4 Å². The molecule has 0 aliphatic carbocycles. The van der Waals surface area contributed by atoms with Crippen molar-refractivity contribution in [3.05, 3.63) is 12.3 Å². The van der Waals surface area contributed by atoms with E-state index in [2.05, 4.69) is 5.32 Å². The largest absolute Gasteiger partial charge is 0.366 e. The monoisotopic (exact) mass is 202 g/mol. The average molecular weight is 203 g/mol. The van der Waals surface area contributed by atoms with E-state index in [0.29, 0.717) is 5.71 Å². The highest BCUT2D eigenvalue weighted by molar-refractivity contribution is 6.29. The van der Waals surface area contributed by atoms with Gasteiger partial charge in [0.25, 0.3) is 0 Å². The van der Waals surface area contributed by atoms with E-state index in [-0.39, 0.29) is 12.1 Å². The Morgan fingerprint density at radius 2 is 2.46 bits per heavy atom. The van der Waals surface area contributed by atoms with Crippen molar-refractivity contribution in [2.24, 2.45) is 0 Å². The molecular formula is C9H15ClN2O. The third-order valence-electron chi connectivity index (χ3n) is 1.89. The highest BCUT2D eigenvalue weighted by Gasteiger charge is 2.10. The van der Waals surface area contributed by atoms with Crippen LogP contribution in [0, 0.1) is 5.41 Å². The number of allylic oxidation sites excluding steroid dienone is 1. The molecule has 0 aromatic rings. The number of ether oxygens (including phenoxy) is 1. The molecule has 1 rings (SSSR count). The standard InChI is InChI=1S/C9H15ClN2O/c10-7-8(11)4-5-12-9-3-1-2-6-13-9/h4-5,9,11-12H,1-3,6-7H2/b5-4-,11-8?. The SMILES string of the molecule is N=C(/C=C\NC1CCCCO1)CCl. The molecule has 0 bridgehead atoms. The van der Waals surface area contributed by atoms with E-state index >= 15 is 0 Å². The first-order chi connectivity index (χ1) is 6.33. The molecule has 1 unspecified atom stereocenters. The summed E-state index contributed by atoms with van der Waals surface area (Å²) in [6, 6.07) is 0. The lowest BCUT2D eigenvalue weighted by Crippen LogP contribution is -2.31. The van der Waals surface area contributed by atoms with Crippen molar-refractivity contribution >= 4 is 17.3 Å². The quantitative estimate of drug-likeness (QED) is 0.540. The lowest BCUT2D eigenvalue weighted by atomic mass is 10.2. The van der Waals surface area contributed by atoms with Crippen molar-refractivity contribution in [1.82, 2.24) is 5.32 Å². The van der Waals surface area contributed by atoms with E-state index in [1.165, 1.54) is 6.42 Å². The second-order valence-electron chi connectivity index (χ2n) is 3.01. The van der Waals surface area contributed by atoms with Crippen LogP contribution >= 0.6 is 11.6 Å².